The van der Waals surface area contributed by atoms with E-state index in [4.69, 9.17) is 10.5 Å². The SMILES string of the molecule is CC(C)Cn1nccc1NC(=O)NCC1(C(N)=O)CCOCC1. The maximum atomic E-state index is 12.1. The van der Waals surface area contributed by atoms with E-state index < -0.39 is 11.3 Å². The van der Waals surface area contributed by atoms with Crippen LogP contribution in [0.5, 0.6) is 0 Å². The maximum absolute atomic E-state index is 12.1. The van der Waals surface area contributed by atoms with Crippen molar-refractivity contribution in [3.8, 4) is 0 Å². The Morgan fingerprint density at radius 1 is 1.43 bits per heavy atom. The van der Waals surface area contributed by atoms with Crippen LogP contribution in [0.25, 0.3) is 0 Å². The third-order valence-corrected chi connectivity index (χ3v) is 4.06. The predicted octanol–water partition coefficient (Wildman–Crippen LogP) is 0.943. The highest BCUT2D eigenvalue weighted by atomic mass is 16.5. The fraction of sp³-hybridized carbons (Fsp3) is 0.667. The minimum absolute atomic E-state index is 0.204. The van der Waals surface area contributed by atoms with Crippen molar-refractivity contribution >= 4 is 17.8 Å². The second-order valence-electron chi connectivity index (χ2n) is 6.36. The van der Waals surface area contributed by atoms with Gasteiger partial charge in [0.05, 0.1) is 11.6 Å². The number of urea groups is 1. The van der Waals surface area contributed by atoms with Gasteiger partial charge in [-0.05, 0) is 18.8 Å². The van der Waals surface area contributed by atoms with Gasteiger partial charge in [-0.1, -0.05) is 13.8 Å². The van der Waals surface area contributed by atoms with Crippen molar-refractivity contribution in [3.05, 3.63) is 12.3 Å². The van der Waals surface area contributed by atoms with Gasteiger partial charge in [-0.3, -0.25) is 10.1 Å². The zero-order valence-corrected chi connectivity index (χ0v) is 13.7. The van der Waals surface area contributed by atoms with E-state index in [1.807, 2.05) is 0 Å². The minimum Gasteiger partial charge on any atom is -0.381 e. The Morgan fingerprint density at radius 2 is 2.13 bits per heavy atom. The van der Waals surface area contributed by atoms with E-state index in [1.54, 1.807) is 16.9 Å². The number of amides is 3. The van der Waals surface area contributed by atoms with Crippen molar-refractivity contribution in [2.24, 2.45) is 17.1 Å². The largest absolute Gasteiger partial charge is 0.381 e. The Labute approximate surface area is 135 Å². The summed E-state index contributed by atoms with van der Waals surface area (Å²) in [6, 6.07) is 1.36. The van der Waals surface area contributed by atoms with Gasteiger partial charge in [-0.15, -0.1) is 0 Å². The van der Waals surface area contributed by atoms with Crippen LogP contribution in [0.1, 0.15) is 26.7 Å². The fourth-order valence-corrected chi connectivity index (χ4v) is 2.61. The number of aromatic nitrogens is 2. The van der Waals surface area contributed by atoms with Crippen LogP contribution in [0.2, 0.25) is 0 Å². The summed E-state index contributed by atoms with van der Waals surface area (Å²) < 4.78 is 7.01. The molecular formula is C15H25N5O3. The first-order valence-electron chi connectivity index (χ1n) is 7.87. The molecular weight excluding hydrogens is 298 g/mol. The molecule has 0 radical (unpaired) electrons. The molecule has 1 saturated heterocycles. The molecule has 4 N–H and O–H groups in total. The lowest BCUT2D eigenvalue weighted by molar-refractivity contribution is -0.132. The molecule has 0 atom stereocenters. The molecule has 23 heavy (non-hydrogen) atoms. The molecule has 1 aliphatic rings. The third kappa shape index (κ3) is 4.44. The number of primary amides is 1. The Hall–Kier alpha value is -2.09. The number of nitrogens with zero attached hydrogens (tertiary/aromatic N) is 2. The topological polar surface area (TPSA) is 111 Å². The van der Waals surface area contributed by atoms with Crippen LogP contribution < -0.4 is 16.4 Å². The monoisotopic (exact) mass is 323 g/mol. The Bertz CT molecular complexity index is 549. The van der Waals surface area contributed by atoms with E-state index in [1.165, 1.54) is 0 Å². The quantitative estimate of drug-likeness (QED) is 0.723. The van der Waals surface area contributed by atoms with E-state index in [0.29, 0.717) is 44.3 Å². The summed E-state index contributed by atoms with van der Waals surface area (Å²) in [5.41, 5.74) is 4.79. The summed E-state index contributed by atoms with van der Waals surface area (Å²) >= 11 is 0. The molecule has 1 aromatic heterocycles. The Kier molecular flexibility index (Phi) is 5.59. The van der Waals surface area contributed by atoms with Crippen LogP contribution in [0.4, 0.5) is 10.6 Å². The lowest BCUT2D eigenvalue weighted by Gasteiger charge is -2.34. The average molecular weight is 323 g/mol. The van der Waals surface area contributed by atoms with Gasteiger partial charge >= 0.3 is 6.03 Å². The summed E-state index contributed by atoms with van der Waals surface area (Å²) in [5, 5.41) is 9.69. The van der Waals surface area contributed by atoms with Crippen molar-refractivity contribution in [3.63, 3.8) is 0 Å². The number of ether oxygens (including phenoxy) is 1. The van der Waals surface area contributed by atoms with E-state index in [-0.39, 0.29) is 12.6 Å². The first kappa shape index (κ1) is 17.3. The van der Waals surface area contributed by atoms with Crippen molar-refractivity contribution < 1.29 is 14.3 Å². The van der Waals surface area contributed by atoms with Crippen LogP contribution in [-0.2, 0) is 16.1 Å². The second-order valence-corrected chi connectivity index (χ2v) is 6.36. The molecule has 3 amide bonds. The van der Waals surface area contributed by atoms with Crippen molar-refractivity contribution in [2.45, 2.75) is 33.2 Å². The highest BCUT2D eigenvalue weighted by Gasteiger charge is 2.38. The normalized spacial score (nSPS) is 17.0. The van der Waals surface area contributed by atoms with Gasteiger partial charge in [0.2, 0.25) is 5.91 Å². The molecule has 2 heterocycles. The first-order chi connectivity index (χ1) is 10.9. The molecule has 1 aliphatic heterocycles. The lowest BCUT2D eigenvalue weighted by atomic mass is 9.79. The zero-order valence-electron chi connectivity index (χ0n) is 13.7. The maximum Gasteiger partial charge on any atom is 0.320 e. The Morgan fingerprint density at radius 3 is 2.74 bits per heavy atom. The molecule has 2 rings (SSSR count). The van der Waals surface area contributed by atoms with Gasteiger partial charge in [-0.25, -0.2) is 9.48 Å². The number of nitrogens with two attached hydrogens (primary N) is 1. The first-order valence-corrected chi connectivity index (χ1v) is 7.87. The number of carbonyl (C=O) groups excluding carboxylic acids is 2. The molecule has 1 aromatic rings. The third-order valence-electron chi connectivity index (χ3n) is 4.06. The standard InChI is InChI=1S/C15H25N5O3/c1-11(2)9-20-12(3-6-18-20)19-14(22)17-10-15(13(16)21)4-7-23-8-5-15/h3,6,11H,4-5,7-10H2,1-2H3,(H2,16,21)(H2,17,19,22). The highest BCUT2D eigenvalue weighted by Crippen LogP contribution is 2.29. The molecule has 8 nitrogen and oxygen atoms in total. The van der Waals surface area contributed by atoms with E-state index in [0.717, 1.165) is 0 Å². The van der Waals surface area contributed by atoms with E-state index >= 15 is 0 Å². The van der Waals surface area contributed by atoms with Crippen molar-refractivity contribution in [2.75, 3.05) is 25.1 Å². The van der Waals surface area contributed by atoms with Gasteiger partial charge in [0.25, 0.3) is 0 Å². The van der Waals surface area contributed by atoms with Crippen LogP contribution in [0, 0.1) is 11.3 Å². The fourth-order valence-electron chi connectivity index (χ4n) is 2.61. The number of nitrogens with one attached hydrogen (secondary N) is 2. The predicted molar refractivity (Wildman–Crippen MR) is 85.8 cm³/mol. The smallest absolute Gasteiger partial charge is 0.320 e. The zero-order chi connectivity index (χ0) is 16.9. The summed E-state index contributed by atoms with van der Waals surface area (Å²) in [5.74, 6) is 0.640. The number of hydrogen-bond donors (Lipinski definition) is 3. The minimum atomic E-state index is -0.728. The highest BCUT2D eigenvalue weighted by molar-refractivity contribution is 5.89. The molecule has 128 valence electrons. The number of hydrogen-bond acceptors (Lipinski definition) is 4. The summed E-state index contributed by atoms with van der Waals surface area (Å²) in [7, 11) is 0. The second kappa shape index (κ2) is 7.45. The number of anilines is 1. The molecule has 0 unspecified atom stereocenters. The molecule has 0 aromatic carbocycles. The van der Waals surface area contributed by atoms with Gasteiger partial charge in [0, 0.05) is 32.4 Å². The van der Waals surface area contributed by atoms with Crippen LogP contribution in [0.15, 0.2) is 12.3 Å². The lowest BCUT2D eigenvalue weighted by Crippen LogP contribution is -2.50. The van der Waals surface area contributed by atoms with Gasteiger partial charge in [-0.2, -0.15) is 5.10 Å². The van der Waals surface area contributed by atoms with Crippen LogP contribution in [-0.4, -0.2) is 41.5 Å². The van der Waals surface area contributed by atoms with E-state index in [2.05, 4.69) is 29.6 Å². The van der Waals surface area contributed by atoms with Crippen LogP contribution >= 0.6 is 0 Å². The average Bonchev–Trinajstić information content (AvgIpc) is 2.92. The van der Waals surface area contributed by atoms with Crippen LogP contribution in [0.3, 0.4) is 0 Å². The summed E-state index contributed by atoms with van der Waals surface area (Å²) in [6.07, 6.45) is 2.68. The number of carbonyl (C=O) groups is 2. The van der Waals surface area contributed by atoms with Gasteiger partial charge < -0.3 is 15.8 Å². The molecule has 0 saturated carbocycles. The van der Waals surface area contributed by atoms with Crippen molar-refractivity contribution in [1.82, 2.24) is 15.1 Å². The van der Waals surface area contributed by atoms with Gasteiger partial charge in [0.15, 0.2) is 0 Å². The molecule has 0 bridgehead atoms. The van der Waals surface area contributed by atoms with Crippen molar-refractivity contribution in [1.29, 1.82) is 0 Å². The van der Waals surface area contributed by atoms with Gasteiger partial charge in [0.1, 0.15) is 5.82 Å². The molecule has 1 fully saturated rings. The molecule has 0 spiro atoms. The number of rotatable bonds is 6. The molecule has 0 aliphatic carbocycles. The Balaban J connectivity index is 1.92. The van der Waals surface area contributed by atoms with E-state index in [9.17, 15) is 9.59 Å². The summed E-state index contributed by atoms with van der Waals surface area (Å²) in [6.45, 7) is 6.03. The summed E-state index contributed by atoms with van der Waals surface area (Å²) in [4.78, 5) is 23.9. The molecule has 8 heteroatoms.